The minimum Gasteiger partial charge on any atom is -0.354 e. The molecular formula is C17H25ClN2O. The lowest BCUT2D eigenvalue weighted by Crippen LogP contribution is -2.36. The average molecular weight is 309 g/mol. The lowest BCUT2D eigenvalue weighted by Gasteiger charge is -2.23. The van der Waals surface area contributed by atoms with E-state index in [0.29, 0.717) is 12.5 Å². The lowest BCUT2D eigenvalue weighted by atomic mass is 9.84. The summed E-state index contributed by atoms with van der Waals surface area (Å²) >= 11 is 5.97. The first kappa shape index (κ1) is 16.3. The molecule has 4 heteroatoms. The number of likely N-dealkylation sites (N-methyl/N-ethyl adjacent to an activating group) is 1. The molecule has 3 nitrogen and oxygen atoms in total. The molecule has 0 aliphatic heterocycles. The third-order valence-corrected chi connectivity index (χ3v) is 4.49. The van der Waals surface area contributed by atoms with Gasteiger partial charge in [-0.15, -0.1) is 0 Å². The van der Waals surface area contributed by atoms with Gasteiger partial charge in [0.15, 0.2) is 0 Å². The molecular weight excluding hydrogens is 284 g/mol. The van der Waals surface area contributed by atoms with Gasteiger partial charge in [0, 0.05) is 18.1 Å². The second kappa shape index (κ2) is 7.81. The molecule has 1 amide bonds. The molecule has 0 aromatic heterocycles. The zero-order valence-corrected chi connectivity index (χ0v) is 13.7. The molecule has 1 aromatic carbocycles. The Kier molecular flexibility index (Phi) is 6.07. The predicted octanol–water partition coefficient (Wildman–Crippen LogP) is 3.29. The van der Waals surface area contributed by atoms with E-state index in [1.165, 1.54) is 12.8 Å². The van der Waals surface area contributed by atoms with Crippen LogP contribution in [0.5, 0.6) is 0 Å². The van der Waals surface area contributed by atoms with Crippen LogP contribution >= 0.6 is 11.6 Å². The Bertz CT molecular complexity index is 452. The molecule has 0 radical (unpaired) electrons. The van der Waals surface area contributed by atoms with Gasteiger partial charge in [0.25, 0.3) is 0 Å². The van der Waals surface area contributed by atoms with Crippen LogP contribution in [0.2, 0.25) is 5.02 Å². The molecule has 21 heavy (non-hydrogen) atoms. The molecule has 1 saturated carbocycles. The molecule has 1 atom stereocenters. The van der Waals surface area contributed by atoms with Crippen LogP contribution in [-0.2, 0) is 4.79 Å². The van der Waals surface area contributed by atoms with E-state index in [-0.39, 0.29) is 11.8 Å². The SMILES string of the molecule is CN(C)CCNC(=O)C(c1ccc(Cl)cc1)C1CCCC1. The van der Waals surface area contributed by atoms with Gasteiger partial charge in [0.1, 0.15) is 0 Å². The van der Waals surface area contributed by atoms with Crippen LogP contribution in [0.3, 0.4) is 0 Å². The van der Waals surface area contributed by atoms with E-state index in [2.05, 4.69) is 10.2 Å². The molecule has 0 heterocycles. The first-order valence-electron chi connectivity index (χ1n) is 7.76. The van der Waals surface area contributed by atoms with Crippen LogP contribution in [0, 0.1) is 5.92 Å². The molecule has 1 unspecified atom stereocenters. The molecule has 2 rings (SSSR count). The van der Waals surface area contributed by atoms with Gasteiger partial charge in [-0.05, 0) is 50.6 Å². The first-order chi connectivity index (χ1) is 10.1. The van der Waals surface area contributed by atoms with E-state index in [9.17, 15) is 4.79 Å². The summed E-state index contributed by atoms with van der Waals surface area (Å²) < 4.78 is 0. The highest BCUT2D eigenvalue weighted by molar-refractivity contribution is 6.30. The zero-order valence-electron chi connectivity index (χ0n) is 12.9. The van der Waals surface area contributed by atoms with E-state index in [0.717, 1.165) is 30.0 Å². The van der Waals surface area contributed by atoms with Crippen molar-refractivity contribution in [3.05, 3.63) is 34.9 Å². The van der Waals surface area contributed by atoms with Crippen molar-refractivity contribution in [3.8, 4) is 0 Å². The fourth-order valence-electron chi connectivity index (χ4n) is 3.11. The predicted molar refractivity (Wildman–Crippen MR) is 87.7 cm³/mol. The maximum atomic E-state index is 12.6. The van der Waals surface area contributed by atoms with E-state index in [1.807, 2.05) is 38.4 Å². The van der Waals surface area contributed by atoms with Gasteiger partial charge >= 0.3 is 0 Å². The highest BCUT2D eigenvalue weighted by Crippen LogP contribution is 2.37. The number of halogens is 1. The number of benzene rings is 1. The van der Waals surface area contributed by atoms with Crippen molar-refractivity contribution >= 4 is 17.5 Å². The van der Waals surface area contributed by atoms with Crippen molar-refractivity contribution in [2.45, 2.75) is 31.6 Å². The summed E-state index contributed by atoms with van der Waals surface area (Å²) in [7, 11) is 4.03. The van der Waals surface area contributed by atoms with E-state index >= 15 is 0 Å². The Morgan fingerprint density at radius 3 is 2.48 bits per heavy atom. The summed E-state index contributed by atoms with van der Waals surface area (Å²) in [5.41, 5.74) is 1.09. The van der Waals surface area contributed by atoms with E-state index in [4.69, 9.17) is 11.6 Å². The Morgan fingerprint density at radius 2 is 1.90 bits per heavy atom. The number of carbonyl (C=O) groups excluding carboxylic acids is 1. The summed E-state index contributed by atoms with van der Waals surface area (Å²) in [6, 6.07) is 7.76. The van der Waals surface area contributed by atoms with Gasteiger partial charge < -0.3 is 10.2 Å². The maximum Gasteiger partial charge on any atom is 0.227 e. The second-order valence-electron chi connectivity index (χ2n) is 6.17. The summed E-state index contributed by atoms with van der Waals surface area (Å²) in [5, 5.41) is 3.81. The Balaban J connectivity index is 2.08. The van der Waals surface area contributed by atoms with Crippen LogP contribution in [0.25, 0.3) is 0 Å². The van der Waals surface area contributed by atoms with Crippen molar-refractivity contribution in [2.75, 3.05) is 27.2 Å². The number of nitrogens with one attached hydrogen (secondary N) is 1. The fraction of sp³-hybridized carbons (Fsp3) is 0.588. The van der Waals surface area contributed by atoms with E-state index in [1.54, 1.807) is 0 Å². The number of rotatable bonds is 6. The molecule has 116 valence electrons. The van der Waals surface area contributed by atoms with Crippen LogP contribution in [0.1, 0.15) is 37.2 Å². The first-order valence-corrected chi connectivity index (χ1v) is 8.13. The number of hydrogen-bond donors (Lipinski definition) is 1. The molecule has 1 fully saturated rings. The lowest BCUT2D eigenvalue weighted by molar-refractivity contribution is -0.123. The van der Waals surface area contributed by atoms with Crippen molar-refractivity contribution in [2.24, 2.45) is 5.92 Å². The highest BCUT2D eigenvalue weighted by atomic mass is 35.5. The standard InChI is InChI=1S/C17H25ClN2O/c1-20(2)12-11-19-17(21)16(13-5-3-4-6-13)14-7-9-15(18)10-8-14/h7-10,13,16H,3-6,11-12H2,1-2H3,(H,19,21). The van der Waals surface area contributed by atoms with Crippen LogP contribution in [0.4, 0.5) is 0 Å². The van der Waals surface area contributed by atoms with E-state index < -0.39 is 0 Å². The fourth-order valence-corrected chi connectivity index (χ4v) is 3.24. The molecule has 1 N–H and O–H groups in total. The normalized spacial score (nSPS) is 17.1. The van der Waals surface area contributed by atoms with Crippen molar-refractivity contribution < 1.29 is 4.79 Å². The van der Waals surface area contributed by atoms with Gasteiger partial charge in [0.05, 0.1) is 5.92 Å². The van der Waals surface area contributed by atoms with Gasteiger partial charge in [-0.1, -0.05) is 36.6 Å². The third kappa shape index (κ3) is 4.72. The molecule has 0 spiro atoms. The van der Waals surface area contributed by atoms with Crippen LogP contribution in [-0.4, -0.2) is 38.0 Å². The zero-order chi connectivity index (χ0) is 15.2. The largest absolute Gasteiger partial charge is 0.354 e. The van der Waals surface area contributed by atoms with Gasteiger partial charge in [-0.3, -0.25) is 4.79 Å². The van der Waals surface area contributed by atoms with Gasteiger partial charge in [-0.25, -0.2) is 0 Å². The molecule has 0 saturated heterocycles. The molecule has 1 aliphatic rings. The molecule has 1 aromatic rings. The highest BCUT2D eigenvalue weighted by Gasteiger charge is 2.31. The summed E-state index contributed by atoms with van der Waals surface area (Å²) in [6.07, 6.45) is 4.77. The summed E-state index contributed by atoms with van der Waals surface area (Å²) in [6.45, 7) is 1.56. The number of nitrogens with zero attached hydrogens (tertiary/aromatic N) is 1. The topological polar surface area (TPSA) is 32.3 Å². The third-order valence-electron chi connectivity index (χ3n) is 4.24. The number of hydrogen-bond acceptors (Lipinski definition) is 2. The second-order valence-corrected chi connectivity index (χ2v) is 6.60. The summed E-state index contributed by atoms with van der Waals surface area (Å²) in [5.74, 6) is 0.587. The Labute approximate surface area is 132 Å². The Hall–Kier alpha value is -1.06. The number of amides is 1. The van der Waals surface area contributed by atoms with Gasteiger partial charge in [0.2, 0.25) is 5.91 Å². The summed E-state index contributed by atoms with van der Waals surface area (Å²) in [4.78, 5) is 14.7. The maximum absolute atomic E-state index is 12.6. The van der Waals surface area contributed by atoms with Crippen molar-refractivity contribution in [3.63, 3.8) is 0 Å². The molecule has 0 bridgehead atoms. The number of carbonyl (C=O) groups is 1. The minimum absolute atomic E-state index is 0.0353. The smallest absolute Gasteiger partial charge is 0.227 e. The molecule has 1 aliphatic carbocycles. The average Bonchev–Trinajstić information content (AvgIpc) is 2.95. The van der Waals surface area contributed by atoms with Crippen LogP contribution < -0.4 is 5.32 Å². The van der Waals surface area contributed by atoms with Crippen molar-refractivity contribution in [1.82, 2.24) is 10.2 Å². The van der Waals surface area contributed by atoms with Gasteiger partial charge in [-0.2, -0.15) is 0 Å². The minimum atomic E-state index is -0.0353. The monoisotopic (exact) mass is 308 g/mol. The quantitative estimate of drug-likeness (QED) is 0.874. The van der Waals surface area contributed by atoms with Crippen LogP contribution in [0.15, 0.2) is 24.3 Å². The Morgan fingerprint density at radius 1 is 1.29 bits per heavy atom. The van der Waals surface area contributed by atoms with Crippen molar-refractivity contribution in [1.29, 1.82) is 0 Å².